The molecule has 6 nitrogen and oxygen atoms in total. The van der Waals surface area contributed by atoms with E-state index in [1.807, 2.05) is 54.6 Å². The number of carbonyl (C=O) groups is 2. The van der Waals surface area contributed by atoms with E-state index in [0.717, 1.165) is 17.1 Å². The molecule has 0 radical (unpaired) electrons. The molecule has 0 saturated carbocycles. The van der Waals surface area contributed by atoms with E-state index in [1.165, 1.54) is 0 Å². The summed E-state index contributed by atoms with van der Waals surface area (Å²) in [6.07, 6.45) is 0.537. The van der Waals surface area contributed by atoms with Gasteiger partial charge in [-0.15, -0.1) is 0 Å². The summed E-state index contributed by atoms with van der Waals surface area (Å²) in [6, 6.07) is 17.2. The summed E-state index contributed by atoms with van der Waals surface area (Å²) in [5.74, 6) is 0.364. The predicted molar refractivity (Wildman–Crippen MR) is 97.5 cm³/mol. The second-order valence-corrected chi connectivity index (χ2v) is 5.65. The summed E-state index contributed by atoms with van der Waals surface area (Å²) in [5.41, 5.74) is 1.07. The van der Waals surface area contributed by atoms with Crippen LogP contribution in [0.4, 0.5) is 0 Å². The van der Waals surface area contributed by atoms with E-state index in [9.17, 15) is 9.59 Å². The van der Waals surface area contributed by atoms with E-state index < -0.39 is 5.97 Å². The molecule has 0 bridgehead atoms. The van der Waals surface area contributed by atoms with Crippen LogP contribution in [-0.2, 0) is 16.0 Å². The number of benzene rings is 2. The molecule has 1 amide bonds. The lowest BCUT2D eigenvalue weighted by Crippen LogP contribution is -2.25. The molecule has 26 heavy (non-hydrogen) atoms. The Morgan fingerprint density at radius 3 is 2.08 bits per heavy atom. The number of rotatable bonds is 11. The number of ether oxygens (including phenoxy) is 2. The Kier molecular flexibility index (Phi) is 7.99. The molecule has 2 aromatic carbocycles. The van der Waals surface area contributed by atoms with Crippen molar-refractivity contribution in [1.29, 1.82) is 0 Å². The number of carboxylic acid groups (broad SMARTS) is 1. The first-order chi connectivity index (χ1) is 12.6. The molecule has 0 unspecified atom stereocenters. The van der Waals surface area contributed by atoms with Gasteiger partial charge in [0.05, 0.1) is 6.42 Å². The van der Waals surface area contributed by atoms with Crippen molar-refractivity contribution in [3.05, 3.63) is 60.2 Å². The van der Waals surface area contributed by atoms with Gasteiger partial charge < -0.3 is 19.9 Å². The molecule has 2 aromatic rings. The van der Waals surface area contributed by atoms with Crippen molar-refractivity contribution in [2.45, 2.75) is 19.3 Å². The van der Waals surface area contributed by atoms with Gasteiger partial charge in [0, 0.05) is 13.0 Å². The van der Waals surface area contributed by atoms with Gasteiger partial charge in [-0.05, 0) is 36.2 Å². The molecule has 6 heteroatoms. The SMILES string of the molecule is O=C(O)CCC(=O)NCCc1ccc(OCCOc2ccccc2)cc1. The first-order valence-electron chi connectivity index (χ1n) is 8.51. The van der Waals surface area contributed by atoms with Gasteiger partial charge in [-0.1, -0.05) is 30.3 Å². The minimum absolute atomic E-state index is 0.00711. The summed E-state index contributed by atoms with van der Waals surface area (Å²) < 4.78 is 11.2. The molecule has 0 heterocycles. The van der Waals surface area contributed by atoms with Crippen LogP contribution in [0.1, 0.15) is 18.4 Å². The van der Waals surface area contributed by atoms with Gasteiger partial charge in [-0.25, -0.2) is 0 Å². The van der Waals surface area contributed by atoms with Crippen molar-refractivity contribution in [3.8, 4) is 11.5 Å². The maximum absolute atomic E-state index is 11.4. The Balaban J connectivity index is 1.61. The van der Waals surface area contributed by atoms with Crippen LogP contribution in [0, 0.1) is 0 Å². The van der Waals surface area contributed by atoms with Crippen LogP contribution >= 0.6 is 0 Å². The van der Waals surface area contributed by atoms with E-state index in [4.69, 9.17) is 14.6 Å². The van der Waals surface area contributed by atoms with E-state index in [-0.39, 0.29) is 18.7 Å². The van der Waals surface area contributed by atoms with Crippen LogP contribution in [0.15, 0.2) is 54.6 Å². The number of para-hydroxylation sites is 1. The Hall–Kier alpha value is -3.02. The lowest BCUT2D eigenvalue weighted by molar-refractivity contribution is -0.138. The third-order valence-electron chi connectivity index (χ3n) is 3.59. The minimum Gasteiger partial charge on any atom is -0.490 e. The molecule has 0 saturated heterocycles. The summed E-state index contributed by atoms with van der Waals surface area (Å²) in [6.45, 7) is 1.39. The first-order valence-corrected chi connectivity index (χ1v) is 8.51. The zero-order valence-corrected chi connectivity index (χ0v) is 14.5. The van der Waals surface area contributed by atoms with E-state index >= 15 is 0 Å². The lowest BCUT2D eigenvalue weighted by atomic mass is 10.1. The van der Waals surface area contributed by atoms with Crippen LogP contribution in [0.5, 0.6) is 11.5 Å². The number of hydrogen-bond donors (Lipinski definition) is 2. The fraction of sp³-hybridized carbons (Fsp3) is 0.300. The fourth-order valence-corrected chi connectivity index (χ4v) is 2.24. The monoisotopic (exact) mass is 357 g/mol. The topological polar surface area (TPSA) is 84.9 Å². The zero-order chi connectivity index (χ0) is 18.6. The van der Waals surface area contributed by atoms with Crippen molar-refractivity contribution in [1.82, 2.24) is 5.32 Å². The maximum Gasteiger partial charge on any atom is 0.303 e. The highest BCUT2D eigenvalue weighted by Gasteiger charge is 2.04. The highest BCUT2D eigenvalue weighted by Crippen LogP contribution is 2.13. The Labute approximate surface area is 152 Å². The minimum atomic E-state index is -0.968. The molecule has 0 fully saturated rings. The van der Waals surface area contributed by atoms with Crippen molar-refractivity contribution in [3.63, 3.8) is 0 Å². The van der Waals surface area contributed by atoms with E-state index in [0.29, 0.717) is 26.2 Å². The number of amides is 1. The van der Waals surface area contributed by atoms with E-state index in [2.05, 4.69) is 5.32 Å². The number of nitrogens with one attached hydrogen (secondary N) is 1. The van der Waals surface area contributed by atoms with Gasteiger partial charge in [0.25, 0.3) is 0 Å². The highest BCUT2D eigenvalue weighted by atomic mass is 16.5. The summed E-state index contributed by atoms with van der Waals surface area (Å²) >= 11 is 0. The van der Waals surface area contributed by atoms with Crippen molar-refractivity contribution in [2.75, 3.05) is 19.8 Å². The maximum atomic E-state index is 11.4. The summed E-state index contributed by atoms with van der Waals surface area (Å²) in [7, 11) is 0. The smallest absolute Gasteiger partial charge is 0.303 e. The quantitative estimate of drug-likeness (QED) is 0.604. The molecule has 0 aliphatic carbocycles. The molecule has 0 aromatic heterocycles. The van der Waals surface area contributed by atoms with Crippen molar-refractivity contribution < 1.29 is 24.2 Å². The number of carbonyl (C=O) groups excluding carboxylic acids is 1. The van der Waals surface area contributed by atoms with Crippen LogP contribution < -0.4 is 14.8 Å². The van der Waals surface area contributed by atoms with Crippen LogP contribution in [0.3, 0.4) is 0 Å². The third-order valence-corrected chi connectivity index (χ3v) is 3.59. The molecule has 0 aliphatic rings. The molecule has 138 valence electrons. The Morgan fingerprint density at radius 2 is 1.46 bits per heavy atom. The van der Waals surface area contributed by atoms with Gasteiger partial charge >= 0.3 is 5.97 Å². The van der Waals surface area contributed by atoms with E-state index in [1.54, 1.807) is 0 Å². The second-order valence-electron chi connectivity index (χ2n) is 5.65. The van der Waals surface area contributed by atoms with Gasteiger partial charge in [0.15, 0.2) is 0 Å². The molecular weight excluding hydrogens is 334 g/mol. The van der Waals surface area contributed by atoms with Gasteiger partial charge in [-0.3, -0.25) is 9.59 Å². The normalized spacial score (nSPS) is 10.2. The molecule has 0 atom stereocenters. The fourth-order valence-electron chi connectivity index (χ4n) is 2.24. The third kappa shape index (κ3) is 7.70. The summed E-state index contributed by atoms with van der Waals surface area (Å²) in [4.78, 5) is 21.8. The van der Waals surface area contributed by atoms with Crippen LogP contribution in [0.2, 0.25) is 0 Å². The second kappa shape index (κ2) is 10.8. The Bertz CT molecular complexity index is 685. The largest absolute Gasteiger partial charge is 0.490 e. The average Bonchev–Trinajstić information content (AvgIpc) is 2.65. The number of carboxylic acids is 1. The van der Waals surface area contributed by atoms with Crippen molar-refractivity contribution >= 4 is 11.9 Å². The molecule has 2 rings (SSSR count). The standard InChI is InChI=1S/C20H23NO5/c22-19(10-11-20(23)24)21-13-12-16-6-8-18(9-7-16)26-15-14-25-17-4-2-1-3-5-17/h1-9H,10-15H2,(H,21,22)(H,23,24). The van der Waals surface area contributed by atoms with Crippen LogP contribution in [-0.4, -0.2) is 36.7 Å². The zero-order valence-electron chi connectivity index (χ0n) is 14.5. The molecule has 0 spiro atoms. The number of hydrogen-bond acceptors (Lipinski definition) is 4. The van der Waals surface area contributed by atoms with Gasteiger partial charge in [0.1, 0.15) is 24.7 Å². The first kappa shape index (κ1) is 19.3. The Morgan fingerprint density at radius 1 is 0.846 bits per heavy atom. The molecular formula is C20H23NO5. The van der Waals surface area contributed by atoms with Crippen LogP contribution in [0.25, 0.3) is 0 Å². The van der Waals surface area contributed by atoms with Crippen molar-refractivity contribution in [2.24, 2.45) is 0 Å². The summed E-state index contributed by atoms with van der Waals surface area (Å²) in [5, 5.41) is 11.2. The average molecular weight is 357 g/mol. The highest BCUT2D eigenvalue weighted by molar-refractivity contribution is 5.80. The molecule has 2 N–H and O–H groups in total. The molecule has 0 aliphatic heterocycles. The van der Waals surface area contributed by atoms with Gasteiger partial charge in [-0.2, -0.15) is 0 Å². The predicted octanol–water partition coefficient (Wildman–Crippen LogP) is 2.67. The van der Waals surface area contributed by atoms with Gasteiger partial charge in [0.2, 0.25) is 5.91 Å². The lowest BCUT2D eigenvalue weighted by Gasteiger charge is -2.09. The number of aliphatic carboxylic acids is 1.